The van der Waals surface area contributed by atoms with Crippen molar-refractivity contribution in [3.05, 3.63) is 34.3 Å². The third-order valence-corrected chi connectivity index (χ3v) is 2.28. The minimum Gasteiger partial charge on any atom is -0.267 e. The summed E-state index contributed by atoms with van der Waals surface area (Å²) in [6.07, 6.45) is 1.51. The molecule has 0 saturated carbocycles. The Morgan fingerprint density at radius 2 is 2.00 bits per heavy atom. The molecule has 1 aliphatic heterocycles. The lowest BCUT2D eigenvalue weighted by atomic mass is 10.1. The molecule has 0 aliphatic carbocycles. The molecule has 0 radical (unpaired) electrons. The van der Waals surface area contributed by atoms with Gasteiger partial charge in [0, 0.05) is 0 Å². The van der Waals surface area contributed by atoms with Crippen molar-refractivity contribution in [3.8, 4) is 6.19 Å². The lowest BCUT2D eigenvalue weighted by Crippen LogP contribution is -2.23. The number of fused-ring (bicyclic) bond motifs is 1. The van der Waals surface area contributed by atoms with Gasteiger partial charge in [-0.3, -0.25) is 9.59 Å². The highest BCUT2D eigenvalue weighted by atomic mass is 35.5. The molecule has 2 amide bonds. The van der Waals surface area contributed by atoms with Crippen molar-refractivity contribution in [2.45, 2.75) is 0 Å². The van der Waals surface area contributed by atoms with Gasteiger partial charge in [0.15, 0.2) is 6.19 Å². The molecule has 2 rings (SSSR count). The van der Waals surface area contributed by atoms with Gasteiger partial charge in [-0.1, -0.05) is 17.7 Å². The van der Waals surface area contributed by atoms with Gasteiger partial charge in [0.25, 0.3) is 11.8 Å². The average molecular weight is 207 g/mol. The molecular formula is C9H3ClN2O2. The van der Waals surface area contributed by atoms with Crippen molar-refractivity contribution < 1.29 is 9.59 Å². The quantitative estimate of drug-likeness (QED) is 0.476. The van der Waals surface area contributed by atoms with Crippen LogP contribution in [0.15, 0.2) is 18.2 Å². The van der Waals surface area contributed by atoms with Crippen LogP contribution in [0.3, 0.4) is 0 Å². The molecule has 0 bridgehead atoms. The molecule has 0 aromatic heterocycles. The van der Waals surface area contributed by atoms with Crippen LogP contribution < -0.4 is 0 Å². The van der Waals surface area contributed by atoms with Crippen LogP contribution in [0.1, 0.15) is 20.7 Å². The third kappa shape index (κ3) is 0.932. The van der Waals surface area contributed by atoms with Crippen LogP contribution >= 0.6 is 11.6 Å². The summed E-state index contributed by atoms with van der Waals surface area (Å²) in [6, 6.07) is 4.54. The van der Waals surface area contributed by atoms with E-state index < -0.39 is 11.8 Å². The first kappa shape index (κ1) is 8.73. The highest BCUT2D eigenvalue weighted by molar-refractivity contribution is 6.37. The molecule has 14 heavy (non-hydrogen) atoms. The Labute approximate surface area is 84.3 Å². The van der Waals surface area contributed by atoms with Crippen LogP contribution in [0.25, 0.3) is 0 Å². The van der Waals surface area contributed by atoms with Gasteiger partial charge < -0.3 is 0 Å². The number of nitriles is 1. The molecule has 0 saturated heterocycles. The second kappa shape index (κ2) is 2.82. The number of hydrogen-bond donors (Lipinski definition) is 0. The van der Waals surface area contributed by atoms with Crippen LogP contribution in [0, 0.1) is 11.5 Å². The van der Waals surface area contributed by atoms with E-state index in [0.29, 0.717) is 4.90 Å². The van der Waals surface area contributed by atoms with E-state index in [4.69, 9.17) is 16.9 Å². The lowest BCUT2D eigenvalue weighted by molar-refractivity contribution is 0.0732. The van der Waals surface area contributed by atoms with Crippen LogP contribution in [0.2, 0.25) is 5.02 Å². The molecule has 1 aromatic carbocycles. The Morgan fingerprint density at radius 1 is 1.29 bits per heavy atom. The molecule has 0 atom stereocenters. The molecule has 0 spiro atoms. The van der Waals surface area contributed by atoms with Gasteiger partial charge in [-0.05, 0) is 12.1 Å². The zero-order valence-corrected chi connectivity index (χ0v) is 7.58. The molecule has 1 aromatic rings. The van der Waals surface area contributed by atoms with Crippen molar-refractivity contribution in [2.75, 3.05) is 0 Å². The number of rotatable bonds is 0. The fraction of sp³-hybridized carbons (Fsp3) is 0. The monoisotopic (exact) mass is 206 g/mol. The molecule has 68 valence electrons. The van der Waals surface area contributed by atoms with Gasteiger partial charge in [0.1, 0.15) is 0 Å². The summed E-state index contributed by atoms with van der Waals surface area (Å²) < 4.78 is 0. The van der Waals surface area contributed by atoms with Gasteiger partial charge >= 0.3 is 0 Å². The van der Waals surface area contributed by atoms with E-state index >= 15 is 0 Å². The summed E-state index contributed by atoms with van der Waals surface area (Å²) in [7, 11) is 0. The Kier molecular flexibility index (Phi) is 1.76. The second-order valence-corrected chi connectivity index (χ2v) is 3.12. The molecule has 0 fully saturated rings. The predicted molar refractivity (Wildman–Crippen MR) is 47.6 cm³/mol. The normalized spacial score (nSPS) is 14.1. The SMILES string of the molecule is N#CN1C(=O)c2cccc(Cl)c2C1=O. The third-order valence-electron chi connectivity index (χ3n) is 1.96. The maximum Gasteiger partial charge on any atom is 0.276 e. The Balaban J connectivity index is 2.72. The summed E-state index contributed by atoms with van der Waals surface area (Å²) in [5.74, 6) is -1.27. The van der Waals surface area contributed by atoms with Crippen LogP contribution in [-0.2, 0) is 0 Å². The lowest BCUT2D eigenvalue weighted by Gasteiger charge is -1.98. The van der Waals surface area contributed by atoms with E-state index in [1.807, 2.05) is 0 Å². The summed E-state index contributed by atoms with van der Waals surface area (Å²) in [4.78, 5) is 23.4. The number of halogens is 1. The molecule has 0 unspecified atom stereocenters. The second-order valence-electron chi connectivity index (χ2n) is 2.71. The fourth-order valence-corrected chi connectivity index (χ4v) is 1.59. The van der Waals surface area contributed by atoms with Crippen LogP contribution in [-0.4, -0.2) is 16.7 Å². The fourth-order valence-electron chi connectivity index (χ4n) is 1.34. The van der Waals surface area contributed by atoms with Crippen molar-refractivity contribution in [2.24, 2.45) is 0 Å². The Morgan fingerprint density at radius 3 is 2.57 bits per heavy atom. The maximum absolute atomic E-state index is 11.5. The number of benzene rings is 1. The molecule has 0 N–H and O–H groups in total. The first-order valence-electron chi connectivity index (χ1n) is 3.74. The van der Waals surface area contributed by atoms with Crippen LogP contribution in [0.5, 0.6) is 0 Å². The number of imide groups is 1. The number of carbonyl (C=O) groups is 2. The summed E-state index contributed by atoms with van der Waals surface area (Å²) in [5.41, 5.74) is 0.296. The molecule has 1 aliphatic rings. The van der Waals surface area contributed by atoms with Crippen molar-refractivity contribution in [3.63, 3.8) is 0 Å². The zero-order valence-electron chi connectivity index (χ0n) is 6.82. The number of hydrogen-bond acceptors (Lipinski definition) is 3. The van der Waals surface area contributed by atoms with Crippen molar-refractivity contribution in [1.29, 1.82) is 5.26 Å². The van der Waals surface area contributed by atoms with Crippen LogP contribution in [0.4, 0.5) is 0 Å². The summed E-state index contributed by atoms with van der Waals surface area (Å²) in [6.45, 7) is 0. The smallest absolute Gasteiger partial charge is 0.267 e. The maximum atomic E-state index is 11.5. The molecule has 1 heterocycles. The van der Waals surface area contributed by atoms with E-state index in [2.05, 4.69) is 0 Å². The van der Waals surface area contributed by atoms with E-state index in [9.17, 15) is 9.59 Å². The standard InChI is InChI=1S/C9H3ClN2O2/c10-6-3-1-2-5-7(6)9(14)12(4-11)8(5)13/h1-3H. The van der Waals surface area contributed by atoms with Crippen molar-refractivity contribution >= 4 is 23.4 Å². The zero-order chi connectivity index (χ0) is 10.3. The first-order valence-corrected chi connectivity index (χ1v) is 4.11. The highest BCUT2D eigenvalue weighted by Crippen LogP contribution is 2.28. The summed E-state index contributed by atoms with van der Waals surface area (Å²) in [5, 5.41) is 8.75. The van der Waals surface area contributed by atoms with Gasteiger partial charge in [0.05, 0.1) is 16.1 Å². The number of amides is 2. The Bertz CT molecular complexity index is 490. The van der Waals surface area contributed by atoms with E-state index in [0.717, 1.165) is 0 Å². The van der Waals surface area contributed by atoms with E-state index in [1.54, 1.807) is 6.07 Å². The molecular weight excluding hydrogens is 204 g/mol. The first-order chi connectivity index (χ1) is 6.66. The number of nitrogens with zero attached hydrogens (tertiary/aromatic N) is 2. The van der Waals surface area contributed by atoms with Gasteiger partial charge in [-0.15, -0.1) is 0 Å². The van der Waals surface area contributed by atoms with Gasteiger partial charge in [-0.2, -0.15) is 10.2 Å². The molecule has 5 heteroatoms. The highest BCUT2D eigenvalue weighted by Gasteiger charge is 2.37. The minimum atomic E-state index is -0.655. The van der Waals surface area contributed by atoms with Crippen molar-refractivity contribution in [1.82, 2.24) is 4.90 Å². The van der Waals surface area contributed by atoms with Gasteiger partial charge in [-0.25, -0.2) is 0 Å². The van der Waals surface area contributed by atoms with E-state index in [1.165, 1.54) is 18.3 Å². The minimum absolute atomic E-state index is 0.112. The average Bonchev–Trinajstić information content (AvgIpc) is 2.41. The van der Waals surface area contributed by atoms with E-state index in [-0.39, 0.29) is 16.1 Å². The predicted octanol–water partition coefficient (Wildman–Crippen LogP) is 1.42. The largest absolute Gasteiger partial charge is 0.276 e. The topological polar surface area (TPSA) is 61.2 Å². The Hall–Kier alpha value is -1.86. The number of carbonyl (C=O) groups excluding carboxylic acids is 2. The van der Waals surface area contributed by atoms with Gasteiger partial charge in [0.2, 0.25) is 0 Å². The molecule has 4 nitrogen and oxygen atoms in total. The summed E-state index contributed by atoms with van der Waals surface area (Å²) >= 11 is 5.74.